The maximum atomic E-state index is 11.7. The van der Waals surface area contributed by atoms with Gasteiger partial charge in [-0.1, -0.05) is 29.8 Å². The Morgan fingerprint density at radius 3 is 2.43 bits per heavy atom. The third kappa shape index (κ3) is 4.41. The Balaban J connectivity index is 2.10. The predicted octanol–water partition coefficient (Wildman–Crippen LogP) is 2.64. The van der Waals surface area contributed by atoms with Crippen LogP contribution in [0.4, 0.5) is 4.79 Å². The number of imide groups is 2. The van der Waals surface area contributed by atoms with Crippen molar-refractivity contribution in [3.63, 3.8) is 0 Å². The van der Waals surface area contributed by atoms with Gasteiger partial charge in [0.15, 0.2) is 0 Å². The molecule has 0 bridgehead atoms. The Morgan fingerprint density at radius 2 is 1.78 bits per heavy atom. The molecule has 6 nitrogen and oxygen atoms in total. The summed E-state index contributed by atoms with van der Waals surface area (Å²) in [4.78, 5) is 33.0. The van der Waals surface area contributed by atoms with Crippen LogP contribution in [-0.2, 0) is 9.59 Å². The van der Waals surface area contributed by atoms with Gasteiger partial charge in [-0.25, -0.2) is 4.79 Å². The van der Waals surface area contributed by atoms with Crippen molar-refractivity contribution in [3.8, 4) is 11.3 Å². The van der Waals surface area contributed by atoms with E-state index in [2.05, 4.69) is 0 Å². The van der Waals surface area contributed by atoms with Gasteiger partial charge in [0.25, 0.3) is 5.91 Å². The van der Waals surface area contributed by atoms with E-state index in [1.165, 1.54) is 13.0 Å². The first-order chi connectivity index (χ1) is 11.0. The van der Waals surface area contributed by atoms with E-state index in [9.17, 15) is 14.4 Å². The second-order valence-corrected chi connectivity index (χ2v) is 4.94. The second kappa shape index (κ2) is 7.22. The van der Waals surface area contributed by atoms with Crippen molar-refractivity contribution in [1.82, 2.24) is 10.6 Å². The lowest BCUT2D eigenvalue weighted by molar-refractivity contribution is -0.116. The highest BCUT2D eigenvalue weighted by Crippen LogP contribution is 2.23. The summed E-state index contributed by atoms with van der Waals surface area (Å²) in [5, 5.41) is 3.84. The van der Waals surface area contributed by atoms with Crippen LogP contribution in [0.15, 0.2) is 46.4 Å². The molecular formula is C17H16N2O4. The molecule has 0 aliphatic rings. The summed E-state index contributed by atoms with van der Waals surface area (Å²) < 4.78 is 5.67. The lowest BCUT2D eigenvalue weighted by Gasteiger charge is -2.02. The molecule has 0 aliphatic heterocycles. The van der Waals surface area contributed by atoms with Crippen molar-refractivity contribution in [3.05, 3.63) is 53.3 Å². The average Bonchev–Trinajstić information content (AvgIpc) is 2.96. The Morgan fingerprint density at radius 1 is 1.09 bits per heavy atom. The first kappa shape index (κ1) is 16.2. The molecule has 2 N–H and O–H groups in total. The van der Waals surface area contributed by atoms with Gasteiger partial charge < -0.3 is 4.42 Å². The van der Waals surface area contributed by atoms with Crippen LogP contribution in [0.5, 0.6) is 0 Å². The van der Waals surface area contributed by atoms with E-state index >= 15 is 0 Å². The molecule has 0 fully saturated rings. The molecule has 118 valence electrons. The lowest BCUT2D eigenvalue weighted by Crippen LogP contribution is -2.39. The van der Waals surface area contributed by atoms with Crippen molar-refractivity contribution >= 4 is 24.4 Å². The second-order valence-electron chi connectivity index (χ2n) is 4.94. The molecule has 0 saturated carbocycles. The number of rotatable bonds is 4. The number of carbonyl (C=O) groups excluding carboxylic acids is 3. The number of carbonyl (C=O) groups is 3. The van der Waals surface area contributed by atoms with Crippen LogP contribution in [0.1, 0.15) is 18.2 Å². The normalized spacial score (nSPS) is 11.0. The van der Waals surface area contributed by atoms with Crippen molar-refractivity contribution in [1.29, 1.82) is 0 Å². The van der Waals surface area contributed by atoms with Crippen molar-refractivity contribution in [2.24, 2.45) is 0 Å². The van der Waals surface area contributed by atoms with Crippen molar-refractivity contribution in [2.45, 2.75) is 13.8 Å². The Labute approximate surface area is 133 Å². The van der Waals surface area contributed by atoms with Crippen LogP contribution < -0.4 is 10.6 Å². The minimum absolute atomic E-state index is 0.196. The summed E-state index contributed by atoms with van der Waals surface area (Å²) in [6.45, 7) is 3.54. The molecule has 0 unspecified atom stereocenters. The standard InChI is InChI=1S/C17H16N2O4/c1-11-3-5-13(6-4-11)15-8-7-14(23-15)9-12(2)16(21)19-17(22)18-10-20/h3-10H,1-2H3,(H2,18,19,20,21,22)/b12-9-. The van der Waals surface area contributed by atoms with Crippen molar-refractivity contribution < 1.29 is 18.8 Å². The lowest BCUT2D eigenvalue weighted by atomic mass is 10.1. The van der Waals surface area contributed by atoms with Gasteiger partial charge in [-0.2, -0.15) is 0 Å². The van der Waals surface area contributed by atoms with E-state index in [0.717, 1.165) is 11.1 Å². The van der Waals surface area contributed by atoms with Crippen LogP contribution in [0.3, 0.4) is 0 Å². The van der Waals surface area contributed by atoms with Crippen molar-refractivity contribution in [2.75, 3.05) is 0 Å². The van der Waals surface area contributed by atoms with E-state index in [-0.39, 0.29) is 12.0 Å². The molecule has 0 spiro atoms. The molecule has 1 heterocycles. The summed E-state index contributed by atoms with van der Waals surface area (Å²) in [5.41, 5.74) is 2.36. The number of benzene rings is 1. The molecule has 1 aromatic heterocycles. The third-order valence-electron chi connectivity index (χ3n) is 3.10. The maximum Gasteiger partial charge on any atom is 0.328 e. The summed E-state index contributed by atoms with van der Waals surface area (Å²) in [6, 6.07) is 10.5. The highest BCUT2D eigenvalue weighted by Gasteiger charge is 2.10. The quantitative estimate of drug-likeness (QED) is 0.671. The van der Waals surface area contributed by atoms with Gasteiger partial charge in [0.1, 0.15) is 11.5 Å². The van der Waals surface area contributed by atoms with Gasteiger partial charge in [0.05, 0.1) is 0 Å². The summed E-state index contributed by atoms with van der Waals surface area (Å²) in [5.74, 6) is 0.560. The van der Waals surface area contributed by atoms with E-state index in [0.29, 0.717) is 11.5 Å². The third-order valence-corrected chi connectivity index (χ3v) is 3.10. The van der Waals surface area contributed by atoms with Crippen LogP contribution >= 0.6 is 0 Å². The Hall–Kier alpha value is -3.15. The van der Waals surface area contributed by atoms with Gasteiger partial charge in [-0.15, -0.1) is 0 Å². The average molecular weight is 312 g/mol. The molecule has 0 radical (unpaired) electrons. The van der Waals surface area contributed by atoms with Crippen LogP contribution in [0, 0.1) is 6.92 Å². The zero-order chi connectivity index (χ0) is 16.8. The fraction of sp³-hybridized carbons (Fsp3) is 0.118. The molecule has 2 aromatic rings. The predicted molar refractivity (Wildman–Crippen MR) is 85.3 cm³/mol. The van der Waals surface area contributed by atoms with Crippen LogP contribution in [0.25, 0.3) is 17.4 Å². The highest BCUT2D eigenvalue weighted by molar-refractivity contribution is 6.07. The largest absolute Gasteiger partial charge is 0.457 e. The monoisotopic (exact) mass is 312 g/mol. The molecule has 1 aromatic carbocycles. The van der Waals surface area contributed by atoms with E-state index in [1.807, 2.05) is 41.8 Å². The smallest absolute Gasteiger partial charge is 0.328 e. The number of nitrogens with one attached hydrogen (secondary N) is 2. The topological polar surface area (TPSA) is 88.4 Å². The summed E-state index contributed by atoms with van der Waals surface area (Å²) in [6.07, 6.45) is 1.71. The first-order valence-electron chi connectivity index (χ1n) is 6.90. The number of hydrogen-bond acceptors (Lipinski definition) is 4. The number of urea groups is 1. The van der Waals surface area contributed by atoms with Gasteiger partial charge in [0.2, 0.25) is 6.41 Å². The van der Waals surface area contributed by atoms with E-state index in [1.54, 1.807) is 12.1 Å². The molecule has 6 heteroatoms. The molecule has 4 amide bonds. The SMILES string of the molecule is C/C(=C/c1ccc(-c2ccc(C)cc2)o1)C(=O)NC(=O)NC=O. The molecule has 2 rings (SSSR count). The summed E-state index contributed by atoms with van der Waals surface area (Å²) in [7, 11) is 0. The number of furan rings is 1. The molecule has 0 saturated heterocycles. The molecular weight excluding hydrogens is 296 g/mol. The zero-order valence-corrected chi connectivity index (χ0v) is 12.8. The fourth-order valence-corrected chi connectivity index (χ4v) is 1.87. The number of aryl methyl sites for hydroxylation is 1. The number of amides is 4. The molecule has 0 atom stereocenters. The van der Waals surface area contributed by atoms with Crippen LogP contribution in [-0.4, -0.2) is 18.3 Å². The molecule has 23 heavy (non-hydrogen) atoms. The Kier molecular flexibility index (Phi) is 5.09. The minimum Gasteiger partial charge on any atom is -0.457 e. The van der Waals surface area contributed by atoms with E-state index in [4.69, 9.17) is 4.42 Å². The Bertz CT molecular complexity index is 757. The number of hydrogen-bond donors (Lipinski definition) is 2. The first-order valence-corrected chi connectivity index (χ1v) is 6.90. The van der Waals surface area contributed by atoms with Gasteiger partial charge in [0, 0.05) is 11.1 Å². The molecule has 0 aliphatic carbocycles. The van der Waals surface area contributed by atoms with E-state index < -0.39 is 11.9 Å². The van der Waals surface area contributed by atoms with Gasteiger partial charge in [-0.05, 0) is 32.1 Å². The van der Waals surface area contributed by atoms with Gasteiger partial charge >= 0.3 is 6.03 Å². The summed E-state index contributed by atoms with van der Waals surface area (Å²) >= 11 is 0. The fourth-order valence-electron chi connectivity index (χ4n) is 1.87. The zero-order valence-electron chi connectivity index (χ0n) is 12.8. The highest BCUT2D eigenvalue weighted by atomic mass is 16.3. The van der Waals surface area contributed by atoms with Crippen LogP contribution in [0.2, 0.25) is 0 Å². The minimum atomic E-state index is -0.877. The maximum absolute atomic E-state index is 11.7. The van der Waals surface area contributed by atoms with Gasteiger partial charge in [-0.3, -0.25) is 20.2 Å².